The van der Waals surface area contributed by atoms with Crippen molar-refractivity contribution in [2.75, 3.05) is 37.0 Å². The van der Waals surface area contributed by atoms with Gasteiger partial charge in [0.2, 0.25) is 0 Å². The second-order valence-corrected chi connectivity index (χ2v) is 10.2. The number of nitrogens with one attached hydrogen (secondary N) is 2. The number of morpholine rings is 1. The number of aromatic amines is 1. The summed E-state index contributed by atoms with van der Waals surface area (Å²) in [6.45, 7) is -0.526. The summed E-state index contributed by atoms with van der Waals surface area (Å²) in [6.07, 6.45) is -3.57. The number of likely N-dealkylation sites (N-methyl/N-ethyl adjacent to an activating group) is 1. The van der Waals surface area contributed by atoms with Gasteiger partial charge >= 0.3 is 11.7 Å². The molecule has 0 saturated carbocycles. The van der Waals surface area contributed by atoms with Gasteiger partial charge in [-0.05, 0) is 48.0 Å². The van der Waals surface area contributed by atoms with Crippen molar-refractivity contribution in [2.24, 2.45) is 0 Å². The molecule has 14 nitrogen and oxygen atoms in total. The fourth-order valence-electron chi connectivity index (χ4n) is 4.63. The molecule has 0 aliphatic carbocycles. The number of H-pyrrole nitrogens is 1. The maximum absolute atomic E-state index is 14.7. The molecule has 2 heterocycles. The van der Waals surface area contributed by atoms with Crippen LogP contribution >= 0.6 is 0 Å². The Morgan fingerprint density at radius 3 is 2.57 bits per heavy atom. The van der Waals surface area contributed by atoms with Gasteiger partial charge in [0.1, 0.15) is 19.0 Å². The summed E-state index contributed by atoms with van der Waals surface area (Å²) in [5.41, 5.74) is 1.39. The van der Waals surface area contributed by atoms with Crippen LogP contribution in [-0.4, -0.2) is 82.8 Å². The zero-order valence-corrected chi connectivity index (χ0v) is 24.3. The predicted octanol–water partition coefficient (Wildman–Crippen LogP) is 1.72. The maximum Gasteiger partial charge on any atom is 0.439 e. The van der Waals surface area contributed by atoms with Gasteiger partial charge in [-0.3, -0.25) is 28.7 Å². The zero-order chi connectivity index (χ0) is 32.8. The molecule has 1 aliphatic heterocycles. The molecule has 3 amide bonds. The second kappa shape index (κ2) is 14.0. The number of hydrogen-bond acceptors (Lipinski definition) is 10. The Morgan fingerprint density at radius 1 is 1.13 bits per heavy atom. The summed E-state index contributed by atoms with van der Waals surface area (Å²) in [7, 11) is 1.35. The molecule has 2 atom stereocenters. The molecule has 1 fully saturated rings. The Morgan fingerprint density at radius 2 is 1.87 bits per heavy atom. The van der Waals surface area contributed by atoms with Crippen LogP contribution in [0.3, 0.4) is 0 Å². The molecule has 1 aromatic heterocycles. The molecular formula is C31H28FN5O9. The number of aromatic nitrogens is 2. The van der Waals surface area contributed by atoms with Gasteiger partial charge in [-0.25, -0.2) is 9.18 Å². The van der Waals surface area contributed by atoms with E-state index in [2.05, 4.69) is 20.0 Å². The van der Waals surface area contributed by atoms with E-state index in [-0.39, 0.29) is 42.5 Å². The lowest BCUT2D eigenvalue weighted by atomic mass is 10.1. The molecule has 0 radical (unpaired) electrons. The third kappa shape index (κ3) is 7.51. The van der Waals surface area contributed by atoms with Crippen LogP contribution < -0.4 is 16.0 Å². The van der Waals surface area contributed by atoms with E-state index in [1.807, 2.05) is 6.07 Å². The topological polar surface area (TPSA) is 184 Å². The van der Waals surface area contributed by atoms with E-state index < -0.39 is 54.0 Å². The number of aliphatic hydroxyl groups is 1. The number of amides is 3. The molecule has 3 aromatic carbocycles. The molecule has 5 rings (SSSR count). The van der Waals surface area contributed by atoms with E-state index in [1.165, 1.54) is 37.4 Å². The van der Waals surface area contributed by atoms with Gasteiger partial charge in [0.05, 0.1) is 6.61 Å². The van der Waals surface area contributed by atoms with E-state index in [0.717, 1.165) is 27.5 Å². The predicted molar refractivity (Wildman–Crippen MR) is 159 cm³/mol. The van der Waals surface area contributed by atoms with Crippen LogP contribution in [0, 0.1) is 5.82 Å². The van der Waals surface area contributed by atoms with Crippen molar-refractivity contribution >= 4 is 35.1 Å². The minimum absolute atomic E-state index is 0.00389. The molecule has 2 unspecified atom stereocenters. The number of hydrogen-bond donors (Lipinski definition) is 3. The van der Waals surface area contributed by atoms with Gasteiger partial charge in [-0.15, -0.1) is 0 Å². The number of carbonyl (C=O) groups excluding carboxylic acids is 4. The van der Waals surface area contributed by atoms with Crippen LogP contribution in [0.25, 0.3) is 11.4 Å². The number of carbonyl (C=O) groups is 4. The van der Waals surface area contributed by atoms with E-state index in [4.69, 9.17) is 9.47 Å². The van der Waals surface area contributed by atoms with E-state index in [0.29, 0.717) is 5.56 Å². The fraction of sp³-hybridized carbons (Fsp3) is 0.226. The van der Waals surface area contributed by atoms with Gasteiger partial charge < -0.3 is 29.7 Å². The highest BCUT2D eigenvalue weighted by atomic mass is 19.1. The van der Waals surface area contributed by atoms with Gasteiger partial charge in [0.15, 0.2) is 18.0 Å². The van der Waals surface area contributed by atoms with Crippen molar-refractivity contribution in [1.82, 2.24) is 15.0 Å². The van der Waals surface area contributed by atoms with E-state index >= 15 is 0 Å². The Labute approximate surface area is 260 Å². The first-order valence-electron chi connectivity index (χ1n) is 13.9. The number of halogens is 1. The first-order valence-corrected chi connectivity index (χ1v) is 13.9. The molecule has 0 bridgehead atoms. The number of esters is 1. The largest absolute Gasteiger partial charge is 0.459 e. The Bertz CT molecular complexity index is 1790. The number of ether oxygens (including phenoxy) is 2. The highest BCUT2D eigenvalue weighted by molar-refractivity contribution is 6.04. The van der Waals surface area contributed by atoms with Gasteiger partial charge in [0.25, 0.3) is 17.7 Å². The fourth-order valence-corrected chi connectivity index (χ4v) is 4.63. The van der Waals surface area contributed by atoms with Crippen molar-refractivity contribution in [3.05, 3.63) is 100 Å². The number of aliphatic hydroxyl groups excluding tert-OH is 1. The minimum Gasteiger partial charge on any atom is -0.459 e. The van der Waals surface area contributed by atoms with Crippen LogP contribution in [0.15, 0.2) is 82.1 Å². The highest BCUT2D eigenvalue weighted by Gasteiger charge is 2.39. The molecule has 238 valence electrons. The summed E-state index contributed by atoms with van der Waals surface area (Å²) < 4.78 is 29.8. The van der Waals surface area contributed by atoms with Crippen LogP contribution in [0.5, 0.6) is 0 Å². The molecule has 4 aromatic rings. The number of benzene rings is 3. The van der Waals surface area contributed by atoms with Crippen LogP contribution in [0.4, 0.5) is 15.8 Å². The quantitative estimate of drug-likeness (QED) is 0.217. The van der Waals surface area contributed by atoms with Crippen molar-refractivity contribution in [3.63, 3.8) is 0 Å². The lowest BCUT2D eigenvalue weighted by Crippen LogP contribution is -2.55. The van der Waals surface area contributed by atoms with Crippen molar-refractivity contribution in [1.29, 1.82) is 0 Å². The SMILES string of the molecule is CN(CC(=O)OCc1ccccc1)C(=O)c1cc(F)cc(N2CCOC(C(O)C(=O)Nc3ccc(-c4noc(=O)[nH]4)cc3)C2=O)c1. The molecular weight excluding hydrogens is 605 g/mol. The number of nitrogens with zero attached hydrogens (tertiary/aromatic N) is 3. The summed E-state index contributed by atoms with van der Waals surface area (Å²) in [4.78, 5) is 67.2. The van der Waals surface area contributed by atoms with Gasteiger partial charge in [-0.2, -0.15) is 0 Å². The smallest absolute Gasteiger partial charge is 0.439 e. The van der Waals surface area contributed by atoms with Gasteiger partial charge in [-0.1, -0.05) is 35.5 Å². The Balaban J connectivity index is 1.21. The second-order valence-electron chi connectivity index (χ2n) is 10.2. The lowest BCUT2D eigenvalue weighted by Gasteiger charge is -2.34. The van der Waals surface area contributed by atoms with Crippen LogP contribution in [-0.2, 0) is 30.5 Å². The molecule has 1 aliphatic rings. The zero-order valence-electron chi connectivity index (χ0n) is 24.3. The monoisotopic (exact) mass is 633 g/mol. The lowest BCUT2D eigenvalue weighted by molar-refractivity contribution is -0.150. The average molecular weight is 634 g/mol. The van der Waals surface area contributed by atoms with E-state index in [1.54, 1.807) is 24.3 Å². The molecule has 46 heavy (non-hydrogen) atoms. The van der Waals surface area contributed by atoms with Crippen molar-refractivity contribution in [3.8, 4) is 11.4 Å². The van der Waals surface area contributed by atoms with Crippen molar-refractivity contribution < 1.29 is 42.7 Å². The number of rotatable bonds is 10. The maximum atomic E-state index is 14.7. The third-order valence-corrected chi connectivity index (χ3v) is 6.94. The summed E-state index contributed by atoms with van der Waals surface area (Å²) in [5, 5.41) is 16.8. The average Bonchev–Trinajstić information content (AvgIpc) is 3.49. The normalized spacial score (nSPS) is 15.2. The highest BCUT2D eigenvalue weighted by Crippen LogP contribution is 2.25. The Hall–Kier alpha value is -5.67. The standard InChI is InChI=1S/C31H28FN5O9/c1-36(16-24(38)45-17-18-5-3-2-4-6-18)29(41)20-13-21(32)15-23(14-20)37-11-12-44-26(30(37)42)25(39)28(40)33-22-9-7-19(8-10-22)27-34-31(43)46-35-27/h2-10,13-15,25-26,39H,11-12,16-17H2,1H3,(H,33,40)(H,34,35,43). The summed E-state index contributed by atoms with van der Waals surface area (Å²) in [6, 6.07) is 18.3. The van der Waals surface area contributed by atoms with Crippen LogP contribution in [0.1, 0.15) is 15.9 Å². The van der Waals surface area contributed by atoms with Crippen LogP contribution in [0.2, 0.25) is 0 Å². The first-order chi connectivity index (χ1) is 22.1. The molecule has 15 heteroatoms. The Kier molecular flexibility index (Phi) is 9.64. The van der Waals surface area contributed by atoms with Crippen molar-refractivity contribution in [2.45, 2.75) is 18.8 Å². The minimum atomic E-state index is -1.94. The molecule has 0 spiro atoms. The number of anilines is 2. The van der Waals surface area contributed by atoms with E-state index in [9.17, 15) is 33.5 Å². The summed E-state index contributed by atoms with van der Waals surface area (Å²) >= 11 is 0. The third-order valence-electron chi connectivity index (χ3n) is 6.94. The molecule has 3 N–H and O–H groups in total. The first kappa shape index (κ1) is 31.7. The molecule has 1 saturated heterocycles. The van der Waals surface area contributed by atoms with Gasteiger partial charge in [0, 0.05) is 36.1 Å². The summed E-state index contributed by atoms with van der Waals surface area (Å²) in [5.74, 6) is -4.52.